The summed E-state index contributed by atoms with van der Waals surface area (Å²) < 4.78 is 74.2. The summed E-state index contributed by atoms with van der Waals surface area (Å²) in [7, 11) is 0. The summed E-state index contributed by atoms with van der Waals surface area (Å²) in [6, 6.07) is 2.16. The van der Waals surface area contributed by atoms with Gasteiger partial charge in [0, 0.05) is 0 Å². The molecule has 0 spiro atoms. The van der Waals surface area contributed by atoms with Crippen molar-refractivity contribution in [2.45, 2.75) is 25.1 Å². The Kier molecular flexibility index (Phi) is 3.42. The van der Waals surface area contributed by atoms with E-state index in [4.69, 9.17) is 5.11 Å². The van der Waals surface area contributed by atoms with Crippen LogP contribution in [0.15, 0.2) is 18.2 Å². The number of halogens is 6. The van der Waals surface area contributed by atoms with E-state index in [1.807, 2.05) is 0 Å². The number of benzene rings is 1. The first-order valence-electron chi connectivity index (χ1n) is 4.46. The molecule has 0 saturated carbocycles. The first kappa shape index (κ1) is 13.8. The molecule has 1 rings (SSSR count). The van der Waals surface area contributed by atoms with E-state index in [9.17, 15) is 26.3 Å². The molecule has 17 heavy (non-hydrogen) atoms. The molecular weight excluding hydrogens is 250 g/mol. The number of hydrogen-bond acceptors (Lipinski definition) is 1. The van der Waals surface area contributed by atoms with Gasteiger partial charge in [-0.1, -0.05) is 12.1 Å². The number of aliphatic hydroxyl groups excluding tert-OH is 1. The normalized spacial score (nSPS) is 14.8. The van der Waals surface area contributed by atoms with Gasteiger partial charge in [-0.15, -0.1) is 0 Å². The summed E-state index contributed by atoms with van der Waals surface area (Å²) in [5, 5.41) is 9.01. The van der Waals surface area contributed by atoms with Crippen LogP contribution < -0.4 is 0 Å². The summed E-state index contributed by atoms with van der Waals surface area (Å²) in [6.45, 7) is 1.19. The number of alkyl halides is 5. The minimum atomic E-state index is -5.87. The van der Waals surface area contributed by atoms with Crippen LogP contribution in [-0.2, 0) is 0 Å². The van der Waals surface area contributed by atoms with Gasteiger partial charge in [-0.05, 0) is 24.1 Å². The third-order valence-electron chi connectivity index (χ3n) is 2.22. The van der Waals surface area contributed by atoms with E-state index >= 15 is 0 Å². The van der Waals surface area contributed by atoms with E-state index in [-0.39, 0.29) is 5.56 Å². The second kappa shape index (κ2) is 4.21. The predicted octanol–water partition coefficient (Wildman–Crippen LogP) is 3.37. The maximum atomic E-state index is 12.8. The molecule has 1 aromatic carbocycles. The molecule has 0 aliphatic rings. The summed E-state index contributed by atoms with van der Waals surface area (Å²) in [5.74, 6) is -6.03. The Morgan fingerprint density at radius 1 is 1.12 bits per heavy atom. The average molecular weight is 258 g/mol. The average Bonchev–Trinajstić information content (AvgIpc) is 2.19. The van der Waals surface area contributed by atoms with Crippen LogP contribution in [0.2, 0.25) is 0 Å². The molecule has 0 aliphatic carbocycles. The SMILES string of the molecule is Cc1cc(C(O)C(F)(F)C(F)(F)F)ccc1F. The number of aryl methyl sites for hydroxylation is 1. The van der Waals surface area contributed by atoms with Crippen molar-refractivity contribution in [3.05, 3.63) is 35.1 Å². The van der Waals surface area contributed by atoms with Gasteiger partial charge in [-0.25, -0.2) is 4.39 Å². The lowest BCUT2D eigenvalue weighted by atomic mass is 10.0. The molecule has 1 unspecified atom stereocenters. The second-order valence-electron chi connectivity index (χ2n) is 3.53. The first-order valence-corrected chi connectivity index (χ1v) is 4.46. The molecule has 1 N–H and O–H groups in total. The summed E-state index contributed by atoms with van der Waals surface area (Å²) in [5.41, 5.74) is -0.814. The van der Waals surface area contributed by atoms with Crippen LogP contribution in [0.3, 0.4) is 0 Å². The van der Waals surface area contributed by atoms with Gasteiger partial charge in [0.25, 0.3) is 0 Å². The Labute approximate surface area is 92.7 Å². The molecule has 0 saturated heterocycles. The van der Waals surface area contributed by atoms with Crippen molar-refractivity contribution < 1.29 is 31.4 Å². The highest BCUT2D eigenvalue weighted by molar-refractivity contribution is 5.27. The van der Waals surface area contributed by atoms with Crippen molar-refractivity contribution in [2.75, 3.05) is 0 Å². The molecule has 0 fully saturated rings. The lowest BCUT2D eigenvalue weighted by molar-refractivity contribution is -0.315. The molecule has 0 radical (unpaired) electrons. The minimum absolute atomic E-state index is 0.125. The second-order valence-corrected chi connectivity index (χ2v) is 3.53. The van der Waals surface area contributed by atoms with Crippen LogP contribution >= 0.6 is 0 Å². The predicted molar refractivity (Wildman–Crippen MR) is 47.1 cm³/mol. The van der Waals surface area contributed by atoms with Crippen molar-refractivity contribution in [2.24, 2.45) is 0 Å². The Hall–Kier alpha value is -1.24. The summed E-state index contributed by atoms with van der Waals surface area (Å²) in [6.07, 6.45) is -8.92. The molecule has 0 bridgehead atoms. The highest BCUT2D eigenvalue weighted by Gasteiger charge is 2.62. The van der Waals surface area contributed by atoms with Crippen molar-refractivity contribution >= 4 is 0 Å². The van der Waals surface area contributed by atoms with Crippen molar-refractivity contribution in [1.29, 1.82) is 0 Å². The van der Waals surface area contributed by atoms with Gasteiger partial charge in [0.15, 0.2) is 6.10 Å². The van der Waals surface area contributed by atoms with Gasteiger partial charge in [0.05, 0.1) is 0 Å². The maximum Gasteiger partial charge on any atom is 0.456 e. The van der Waals surface area contributed by atoms with Crippen LogP contribution in [0.5, 0.6) is 0 Å². The summed E-state index contributed by atoms with van der Waals surface area (Å²) in [4.78, 5) is 0. The van der Waals surface area contributed by atoms with Crippen molar-refractivity contribution in [3.63, 3.8) is 0 Å². The number of rotatable bonds is 2. The Morgan fingerprint density at radius 2 is 1.65 bits per heavy atom. The fraction of sp³-hybridized carbons (Fsp3) is 0.400. The van der Waals surface area contributed by atoms with Crippen LogP contribution in [0.1, 0.15) is 17.2 Å². The van der Waals surface area contributed by atoms with Gasteiger partial charge in [0.2, 0.25) is 0 Å². The van der Waals surface area contributed by atoms with Gasteiger partial charge >= 0.3 is 12.1 Å². The fourth-order valence-corrected chi connectivity index (χ4v) is 1.20. The van der Waals surface area contributed by atoms with Crippen LogP contribution in [0, 0.1) is 12.7 Å². The highest BCUT2D eigenvalue weighted by atomic mass is 19.4. The zero-order valence-corrected chi connectivity index (χ0v) is 8.52. The third-order valence-corrected chi connectivity index (χ3v) is 2.22. The first-order chi connectivity index (χ1) is 7.57. The molecule has 1 atom stereocenters. The zero-order chi connectivity index (χ0) is 13.4. The van der Waals surface area contributed by atoms with Gasteiger partial charge in [-0.2, -0.15) is 22.0 Å². The Balaban J connectivity index is 3.12. The van der Waals surface area contributed by atoms with E-state index in [0.717, 1.165) is 12.1 Å². The highest BCUT2D eigenvalue weighted by Crippen LogP contribution is 2.44. The monoisotopic (exact) mass is 258 g/mol. The Morgan fingerprint density at radius 3 is 2.06 bits per heavy atom. The molecule has 0 aromatic heterocycles. The molecule has 0 heterocycles. The van der Waals surface area contributed by atoms with Crippen molar-refractivity contribution in [3.8, 4) is 0 Å². The molecular formula is C10H8F6O. The van der Waals surface area contributed by atoms with E-state index in [1.165, 1.54) is 6.92 Å². The standard InChI is InChI=1S/C10H8F6O/c1-5-4-6(2-3-7(5)11)8(17)9(12,13)10(14,15)16/h2-4,8,17H,1H3. The van der Waals surface area contributed by atoms with E-state index < -0.39 is 29.6 Å². The van der Waals surface area contributed by atoms with E-state index in [2.05, 4.69) is 0 Å². The fourth-order valence-electron chi connectivity index (χ4n) is 1.20. The van der Waals surface area contributed by atoms with Crippen LogP contribution in [-0.4, -0.2) is 17.2 Å². The molecule has 1 nitrogen and oxygen atoms in total. The van der Waals surface area contributed by atoms with Gasteiger partial charge < -0.3 is 5.11 Å². The zero-order valence-electron chi connectivity index (χ0n) is 8.52. The maximum absolute atomic E-state index is 12.8. The minimum Gasteiger partial charge on any atom is -0.382 e. The van der Waals surface area contributed by atoms with E-state index in [1.54, 1.807) is 0 Å². The number of aliphatic hydroxyl groups is 1. The molecule has 96 valence electrons. The van der Waals surface area contributed by atoms with Gasteiger partial charge in [0.1, 0.15) is 5.82 Å². The van der Waals surface area contributed by atoms with Crippen LogP contribution in [0.25, 0.3) is 0 Å². The van der Waals surface area contributed by atoms with E-state index in [0.29, 0.717) is 6.07 Å². The molecule has 0 amide bonds. The molecule has 7 heteroatoms. The summed E-state index contributed by atoms with van der Waals surface area (Å²) >= 11 is 0. The van der Waals surface area contributed by atoms with Crippen molar-refractivity contribution in [1.82, 2.24) is 0 Å². The smallest absolute Gasteiger partial charge is 0.382 e. The topological polar surface area (TPSA) is 20.2 Å². The van der Waals surface area contributed by atoms with Gasteiger partial charge in [-0.3, -0.25) is 0 Å². The largest absolute Gasteiger partial charge is 0.456 e. The number of hydrogen-bond donors (Lipinski definition) is 1. The third kappa shape index (κ3) is 2.54. The quantitative estimate of drug-likeness (QED) is 0.806. The van der Waals surface area contributed by atoms with Crippen LogP contribution in [0.4, 0.5) is 26.3 Å². The Bertz CT molecular complexity index is 412. The lowest BCUT2D eigenvalue weighted by Gasteiger charge is -2.25. The molecule has 1 aromatic rings. The lowest BCUT2D eigenvalue weighted by Crippen LogP contribution is -2.42. The molecule has 0 aliphatic heterocycles.